The van der Waals surface area contributed by atoms with Crippen molar-refractivity contribution < 1.29 is 22.7 Å². The van der Waals surface area contributed by atoms with E-state index in [0.717, 1.165) is 17.3 Å². The molecular formula is C19H16ClF2N3O3S. The van der Waals surface area contributed by atoms with Crippen LogP contribution in [-0.2, 0) is 11.2 Å². The highest BCUT2D eigenvalue weighted by molar-refractivity contribution is 7.99. The second-order valence-electron chi connectivity index (χ2n) is 5.79. The molecule has 1 heterocycles. The molecule has 0 saturated carbocycles. The fourth-order valence-electron chi connectivity index (χ4n) is 2.37. The number of aromatic nitrogens is 2. The first-order valence-corrected chi connectivity index (χ1v) is 9.88. The maximum Gasteiger partial charge on any atom is 0.387 e. The lowest BCUT2D eigenvalue weighted by molar-refractivity contribution is -0.118. The number of hydrogen-bond donors (Lipinski definition) is 1. The minimum absolute atomic E-state index is 0.0980. The molecule has 1 N–H and O–H groups in total. The molecule has 29 heavy (non-hydrogen) atoms. The van der Waals surface area contributed by atoms with E-state index in [1.54, 1.807) is 36.4 Å². The molecule has 0 fully saturated rings. The average molecular weight is 440 g/mol. The van der Waals surface area contributed by atoms with E-state index in [1.165, 1.54) is 12.1 Å². The molecule has 0 aliphatic heterocycles. The molecule has 0 atom stereocenters. The highest BCUT2D eigenvalue weighted by Crippen LogP contribution is 2.25. The van der Waals surface area contributed by atoms with E-state index in [2.05, 4.69) is 20.3 Å². The van der Waals surface area contributed by atoms with Crippen LogP contribution < -0.4 is 10.1 Å². The van der Waals surface area contributed by atoms with Gasteiger partial charge >= 0.3 is 6.61 Å². The van der Waals surface area contributed by atoms with Gasteiger partial charge in [-0.3, -0.25) is 4.79 Å². The second-order valence-corrected chi connectivity index (χ2v) is 7.16. The van der Waals surface area contributed by atoms with Crippen molar-refractivity contribution in [3.05, 3.63) is 59.1 Å². The van der Waals surface area contributed by atoms with Gasteiger partial charge in [0.15, 0.2) is 0 Å². The summed E-state index contributed by atoms with van der Waals surface area (Å²) in [5.41, 5.74) is 1.59. The Balaban J connectivity index is 1.40. The lowest BCUT2D eigenvalue weighted by atomic mass is 10.1. The summed E-state index contributed by atoms with van der Waals surface area (Å²) in [5.74, 6) is 0.365. The third kappa shape index (κ3) is 6.72. The molecular weight excluding hydrogens is 424 g/mol. The molecule has 3 rings (SSSR count). The zero-order valence-corrected chi connectivity index (χ0v) is 16.6. The van der Waals surface area contributed by atoms with E-state index in [-0.39, 0.29) is 22.6 Å². The smallest absolute Gasteiger partial charge is 0.387 e. The summed E-state index contributed by atoms with van der Waals surface area (Å²) in [6.07, 6.45) is 0.560. The lowest BCUT2D eigenvalue weighted by Gasteiger charge is -2.07. The number of hydrogen-bond acceptors (Lipinski definition) is 6. The molecule has 2 aromatic carbocycles. The Morgan fingerprint density at radius 1 is 1.21 bits per heavy atom. The largest absolute Gasteiger partial charge is 0.435 e. The van der Waals surface area contributed by atoms with Gasteiger partial charge in [0.25, 0.3) is 5.22 Å². The maximum atomic E-state index is 12.1. The van der Waals surface area contributed by atoms with Crippen molar-refractivity contribution in [2.75, 3.05) is 12.3 Å². The van der Waals surface area contributed by atoms with Crippen LogP contribution in [0.15, 0.2) is 58.2 Å². The number of carbonyl (C=O) groups excluding carboxylic acids is 1. The highest BCUT2D eigenvalue weighted by atomic mass is 35.5. The number of nitrogens with one attached hydrogen (secondary N) is 1. The van der Waals surface area contributed by atoms with Crippen LogP contribution in [0.4, 0.5) is 8.78 Å². The molecule has 0 aliphatic rings. The standard InChI is InChI=1S/C19H16ClF2N3O3S/c20-14-3-1-2-13(10-14)17-24-25-19(28-17)29-11-16(26)23-9-8-12-4-6-15(7-5-12)27-18(21)22/h1-7,10,18H,8-9,11H2,(H,23,26). The number of rotatable bonds is 9. The SMILES string of the molecule is O=C(CSc1nnc(-c2cccc(Cl)c2)o1)NCCc1ccc(OC(F)F)cc1. The van der Waals surface area contributed by atoms with E-state index in [0.29, 0.717) is 29.4 Å². The normalized spacial score (nSPS) is 10.9. The quantitative estimate of drug-likeness (QED) is 0.496. The van der Waals surface area contributed by atoms with Crippen LogP contribution in [-0.4, -0.2) is 35.0 Å². The fourth-order valence-corrected chi connectivity index (χ4v) is 3.15. The molecule has 152 valence electrons. The summed E-state index contributed by atoms with van der Waals surface area (Å²) in [6.45, 7) is -2.44. The Morgan fingerprint density at radius 3 is 2.72 bits per heavy atom. The Bertz CT molecular complexity index is 954. The zero-order valence-electron chi connectivity index (χ0n) is 15.0. The van der Waals surface area contributed by atoms with Gasteiger partial charge in [0.2, 0.25) is 11.8 Å². The number of halogens is 3. The maximum absolute atomic E-state index is 12.1. The van der Waals surface area contributed by atoms with Crippen LogP contribution in [0.1, 0.15) is 5.56 Å². The summed E-state index contributed by atoms with van der Waals surface area (Å²) in [6, 6.07) is 13.3. The minimum Gasteiger partial charge on any atom is -0.435 e. The number of amides is 1. The average Bonchev–Trinajstić information content (AvgIpc) is 3.16. The van der Waals surface area contributed by atoms with Crippen molar-refractivity contribution in [2.24, 2.45) is 0 Å². The molecule has 0 radical (unpaired) electrons. The lowest BCUT2D eigenvalue weighted by Crippen LogP contribution is -2.27. The number of alkyl halides is 2. The van der Waals surface area contributed by atoms with Crippen molar-refractivity contribution in [3.8, 4) is 17.2 Å². The van der Waals surface area contributed by atoms with Gasteiger partial charge < -0.3 is 14.5 Å². The number of benzene rings is 2. The first-order chi connectivity index (χ1) is 14.0. The molecule has 0 aliphatic carbocycles. The Labute approximate surface area is 174 Å². The fraction of sp³-hybridized carbons (Fsp3) is 0.211. The van der Waals surface area contributed by atoms with Crippen molar-refractivity contribution in [2.45, 2.75) is 18.3 Å². The first-order valence-electron chi connectivity index (χ1n) is 8.52. The van der Waals surface area contributed by atoms with Gasteiger partial charge in [-0.2, -0.15) is 8.78 Å². The predicted octanol–water partition coefficient (Wildman–Crippen LogP) is 4.44. The Morgan fingerprint density at radius 2 is 2.00 bits per heavy atom. The van der Waals surface area contributed by atoms with Crippen LogP contribution in [0, 0.1) is 0 Å². The summed E-state index contributed by atoms with van der Waals surface area (Å²) >= 11 is 7.07. The Hall–Kier alpha value is -2.65. The van der Waals surface area contributed by atoms with Gasteiger partial charge in [-0.1, -0.05) is 41.6 Å². The van der Waals surface area contributed by atoms with Gasteiger partial charge in [0.1, 0.15) is 5.75 Å². The molecule has 6 nitrogen and oxygen atoms in total. The second kappa shape index (κ2) is 10.2. The monoisotopic (exact) mass is 439 g/mol. The van der Waals surface area contributed by atoms with Crippen LogP contribution in [0.3, 0.4) is 0 Å². The van der Waals surface area contributed by atoms with E-state index in [4.69, 9.17) is 16.0 Å². The molecule has 0 spiro atoms. The summed E-state index contributed by atoms with van der Waals surface area (Å²) < 4.78 is 34.1. The van der Waals surface area contributed by atoms with Crippen LogP contribution in [0.5, 0.6) is 5.75 Å². The van der Waals surface area contributed by atoms with Crippen molar-refractivity contribution in [1.82, 2.24) is 15.5 Å². The van der Waals surface area contributed by atoms with Crippen LogP contribution >= 0.6 is 23.4 Å². The van der Waals surface area contributed by atoms with E-state index in [1.807, 2.05) is 0 Å². The van der Waals surface area contributed by atoms with Gasteiger partial charge in [0.05, 0.1) is 5.75 Å². The number of nitrogens with zero attached hydrogens (tertiary/aromatic N) is 2. The van der Waals surface area contributed by atoms with E-state index < -0.39 is 6.61 Å². The van der Waals surface area contributed by atoms with Gasteiger partial charge in [-0.25, -0.2) is 0 Å². The zero-order chi connectivity index (χ0) is 20.6. The van der Waals surface area contributed by atoms with Gasteiger partial charge in [-0.05, 0) is 42.3 Å². The van der Waals surface area contributed by atoms with Gasteiger partial charge in [-0.15, -0.1) is 10.2 Å². The number of carbonyl (C=O) groups is 1. The van der Waals surface area contributed by atoms with Crippen molar-refractivity contribution in [1.29, 1.82) is 0 Å². The number of ether oxygens (including phenoxy) is 1. The molecule has 0 unspecified atom stereocenters. The third-order valence-corrected chi connectivity index (χ3v) is 4.74. The van der Waals surface area contributed by atoms with Gasteiger partial charge in [0, 0.05) is 17.1 Å². The van der Waals surface area contributed by atoms with E-state index in [9.17, 15) is 13.6 Å². The molecule has 0 saturated heterocycles. The minimum atomic E-state index is -2.85. The highest BCUT2D eigenvalue weighted by Gasteiger charge is 2.11. The van der Waals surface area contributed by atoms with Crippen LogP contribution in [0.2, 0.25) is 5.02 Å². The molecule has 1 amide bonds. The van der Waals surface area contributed by atoms with E-state index >= 15 is 0 Å². The summed E-state index contributed by atoms with van der Waals surface area (Å²) in [4.78, 5) is 12.0. The predicted molar refractivity (Wildman–Crippen MR) is 105 cm³/mol. The molecule has 3 aromatic rings. The molecule has 10 heteroatoms. The molecule has 1 aromatic heterocycles. The molecule has 0 bridgehead atoms. The van der Waals surface area contributed by atoms with Crippen LogP contribution in [0.25, 0.3) is 11.5 Å². The van der Waals surface area contributed by atoms with Crippen molar-refractivity contribution in [3.63, 3.8) is 0 Å². The first kappa shape index (κ1) is 21.1. The van der Waals surface area contributed by atoms with Crippen molar-refractivity contribution >= 4 is 29.3 Å². The Kier molecular flexibility index (Phi) is 7.42. The summed E-state index contributed by atoms with van der Waals surface area (Å²) in [7, 11) is 0. The summed E-state index contributed by atoms with van der Waals surface area (Å²) in [5, 5.41) is 11.5. The third-order valence-electron chi connectivity index (χ3n) is 3.69. The topological polar surface area (TPSA) is 77.2 Å². The number of thioether (sulfide) groups is 1.